The first-order valence-corrected chi connectivity index (χ1v) is 9.16. The lowest BCUT2D eigenvalue weighted by molar-refractivity contribution is -0.481. The lowest BCUT2D eigenvalue weighted by Gasteiger charge is -2.26. The Morgan fingerprint density at radius 2 is 1.78 bits per heavy atom. The number of para-hydroxylation sites is 1. The molecule has 0 aromatic heterocycles. The second-order valence-corrected chi connectivity index (χ2v) is 7.86. The molecule has 0 bridgehead atoms. The number of nitrogens with zero attached hydrogens (tertiary/aromatic N) is 3. The first kappa shape index (κ1) is 19.0. The number of rotatable bonds is 5. The van der Waals surface area contributed by atoms with Crippen molar-refractivity contribution in [1.82, 2.24) is 0 Å². The molecule has 0 amide bonds. The molecule has 0 saturated carbocycles. The number of fused-ring (bicyclic) bond motifs is 1. The van der Waals surface area contributed by atoms with Crippen molar-refractivity contribution in [3.8, 4) is 0 Å². The fraction of sp³-hybridized carbons (Fsp3) is 0.364. The fourth-order valence-corrected chi connectivity index (χ4v) is 3.93. The number of hydrogen-bond donors (Lipinski definition) is 0. The van der Waals surface area contributed by atoms with Crippen LogP contribution in [0.4, 0.5) is 11.4 Å². The van der Waals surface area contributed by atoms with E-state index in [1.807, 2.05) is 62.4 Å². The molecule has 0 N–H and O–H groups in total. The quantitative estimate of drug-likeness (QED) is 0.581. The van der Waals surface area contributed by atoms with Gasteiger partial charge in [0.2, 0.25) is 6.54 Å². The summed E-state index contributed by atoms with van der Waals surface area (Å²) in [7, 11) is 6.01. The van der Waals surface area contributed by atoms with Gasteiger partial charge in [0.1, 0.15) is 0 Å². The highest BCUT2D eigenvalue weighted by atomic mass is 16.6. The summed E-state index contributed by atoms with van der Waals surface area (Å²) in [6.07, 6.45) is 2.08. The largest absolute Gasteiger partial charge is 0.378 e. The number of hydrogen-bond acceptors (Lipinski definition) is 4. The van der Waals surface area contributed by atoms with E-state index >= 15 is 0 Å². The van der Waals surface area contributed by atoms with E-state index in [1.165, 1.54) is 5.56 Å². The highest BCUT2D eigenvalue weighted by Gasteiger charge is 2.39. The van der Waals surface area contributed by atoms with E-state index in [0.717, 1.165) is 22.6 Å². The summed E-state index contributed by atoms with van der Waals surface area (Å²) in [6.45, 7) is 4.24. The lowest BCUT2D eigenvalue weighted by atomic mass is 9.82. The van der Waals surface area contributed by atoms with Crippen molar-refractivity contribution >= 4 is 11.4 Å². The molecule has 5 nitrogen and oxygen atoms in total. The van der Waals surface area contributed by atoms with Crippen LogP contribution in [0.3, 0.4) is 0 Å². The molecular weight excluding hydrogens is 338 g/mol. The van der Waals surface area contributed by atoms with E-state index < -0.39 is 0 Å². The monoisotopic (exact) mass is 365 g/mol. The molecular formula is C22H27N3O2. The topological polar surface area (TPSA) is 49.6 Å². The van der Waals surface area contributed by atoms with E-state index in [4.69, 9.17) is 0 Å². The smallest absolute Gasteiger partial charge is 0.214 e. The van der Waals surface area contributed by atoms with Crippen molar-refractivity contribution in [3.05, 3.63) is 81.5 Å². The van der Waals surface area contributed by atoms with Gasteiger partial charge in [0.25, 0.3) is 0 Å². The number of nitro groups is 1. The van der Waals surface area contributed by atoms with Gasteiger partial charge in [-0.05, 0) is 29.3 Å². The van der Waals surface area contributed by atoms with Gasteiger partial charge in [-0.15, -0.1) is 0 Å². The van der Waals surface area contributed by atoms with Crippen LogP contribution in [0.25, 0.3) is 0 Å². The van der Waals surface area contributed by atoms with Gasteiger partial charge >= 0.3 is 0 Å². The molecule has 0 spiro atoms. The Morgan fingerprint density at radius 1 is 1.15 bits per heavy atom. The molecule has 1 atom stereocenters. The molecule has 0 saturated heterocycles. The third-order valence-electron chi connectivity index (χ3n) is 5.48. The normalized spacial score (nSPS) is 17.7. The van der Waals surface area contributed by atoms with Gasteiger partial charge in [0.15, 0.2) is 0 Å². The van der Waals surface area contributed by atoms with Crippen LogP contribution in [0.2, 0.25) is 0 Å². The van der Waals surface area contributed by atoms with Crippen molar-refractivity contribution < 1.29 is 4.92 Å². The minimum atomic E-state index is -0.276. The first-order valence-electron chi connectivity index (χ1n) is 9.16. The molecule has 1 aliphatic heterocycles. The van der Waals surface area contributed by atoms with E-state index in [0.29, 0.717) is 0 Å². The summed E-state index contributed by atoms with van der Waals surface area (Å²) in [5, 5.41) is 11.3. The van der Waals surface area contributed by atoms with Crippen LogP contribution < -0.4 is 9.80 Å². The Bertz CT molecular complexity index is 869. The predicted molar refractivity (Wildman–Crippen MR) is 111 cm³/mol. The third kappa shape index (κ3) is 3.54. The molecule has 0 radical (unpaired) electrons. The van der Waals surface area contributed by atoms with Crippen LogP contribution in [-0.2, 0) is 5.41 Å². The Morgan fingerprint density at radius 3 is 2.33 bits per heavy atom. The molecule has 2 aromatic carbocycles. The summed E-state index contributed by atoms with van der Waals surface area (Å²) in [5.74, 6) is -0.276. The maximum atomic E-state index is 11.3. The summed E-state index contributed by atoms with van der Waals surface area (Å²) < 4.78 is 0. The zero-order valence-corrected chi connectivity index (χ0v) is 16.6. The highest BCUT2D eigenvalue weighted by molar-refractivity contribution is 5.70. The average Bonchev–Trinajstić information content (AvgIpc) is 2.82. The van der Waals surface area contributed by atoms with Gasteiger partial charge < -0.3 is 9.80 Å². The van der Waals surface area contributed by atoms with Crippen LogP contribution in [0.1, 0.15) is 30.9 Å². The maximum absolute atomic E-state index is 11.3. The number of benzene rings is 2. The molecule has 0 fully saturated rings. The van der Waals surface area contributed by atoms with Crippen LogP contribution in [-0.4, -0.2) is 32.6 Å². The molecule has 142 valence electrons. The average molecular weight is 365 g/mol. The maximum Gasteiger partial charge on any atom is 0.214 e. The Balaban J connectivity index is 2.03. The molecule has 3 rings (SSSR count). The van der Waals surface area contributed by atoms with Crippen molar-refractivity contribution in [2.45, 2.75) is 25.2 Å². The molecule has 1 heterocycles. The van der Waals surface area contributed by atoms with Gasteiger partial charge in [-0.25, -0.2) is 0 Å². The highest BCUT2D eigenvalue weighted by Crippen LogP contribution is 2.47. The molecule has 1 unspecified atom stereocenters. The van der Waals surface area contributed by atoms with Crippen LogP contribution in [0, 0.1) is 10.1 Å². The number of likely N-dealkylation sites (N-methyl/N-ethyl adjacent to an activating group) is 1. The molecule has 0 aliphatic carbocycles. The zero-order chi connectivity index (χ0) is 19.8. The van der Waals surface area contributed by atoms with Gasteiger partial charge in [0.05, 0.1) is 5.92 Å². The van der Waals surface area contributed by atoms with E-state index in [1.54, 1.807) is 0 Å². The van der Waals surface area contributed by atoms with Gasteiger partial charge in [-0.3, -0.25) is 10.1 Å². The second-order valence-electron chi connectivity index (χ2n) is 7.86. The molecule has 2 aromatic rings. The predicted octanol–water partition coefficient (Wildman–Crippen LogP) is 4.42. The van der Waals surface area contributed by atoms with Crippen molar-refractivity contribution in [2.24, 2.45) is 0 Å². The van der Waals surface area contributed by atoms with Gasteiger partial charge in [-0.2, -0.15) is 0 Å². The van der Waals surface area contributed by atoms with Gasteiger partial charge in [0, 0.05) is 48.6 Å². The van der Waals surface area contributed by atoms with Crippen molar-refractivity contribution in [3.63, 3.8) is 0 Å². The fourth-order valence-electron chi connectivity index (χ4n) is 3.93. The minimum absolute atomic E-state index is 0.120. The standard InChI is InChI=1S/C22H27N3O2/c1-22(2)19-8-6-7-9-20(19)24(5)21(22)14-17(15-25(26)27)16-10-12-18(13-11-16)23(3)4/h6-14,17H,15H2,1-5H3/b21-14-. The van der Waals surface area contributed by atoms with Crippen molar-refractivity contribution in [1.29, 1.82) is 0 Å². The zero-order valence-electron chi connectivity index (χ0n) is 16.6. The van der Waals surface area contributed by atoms with Crippen LogP contribution >= 0.6 is 0 Å². The lowest BCUT2D eigenvalue weighted by Crippen LogP contribution is -2.25. The third-order valence-corrected chi connectivity index (χ3v) is 5.48. The van der Waals surface area contributed by atoms with Gasteiger partial charge in [-0.1, -0.05) is 50.3 Å². The Hall–Kier alpha value is -2.82. The van der Waals surface area contributed by atoms with Crippen LogP contribution in [0.15, 0.2) is 60.3 Å². The Kier molecular flexibility index (Phi) is 4.96. The summed E-state index contributed by atoms with van der Waals surface area (Å²) >= 11 is 0. The van der Waals surface area contributed by atoms with E-state index in [-0.39, 0.29) is 22.8 Å². The number of anilines is 2. The Labute approximate surface area is 161 Å². The SMILES string of the molecule is CN(C)c1ccc(C(/C=C2\N(C)c3ccccc3C2(C)C)C[N+](=O)[O-])cc1. The second kappa shape index (κ2) is 7.06. The van der Waals surface area contributed by atoms with E-state index in [2.05, 4.69) is 37.0 Å². The number of allylic oxidation sites excluding steroid dienone is 1. The van der Waals surface area contributed by atoms with Crippen molar-refractivity contribution in [2.75, 3.05) is 37.5 Å². The minimum Gasteiger partial charge on any atom is -0.378 e. The summed E-state index contributed by atoms with van der Waals surface area (Å²) in [5.41, 5.74) is 5.37. The molecule has 27 heavy (non-hydrogen) atoms. The molecule has 1 aliphatic rings. The first-order chi connectivity index (χ1) is 12.7. The molecule has 5 heteroatoms. The van der Waals surface area contributed by atoms with Crippen LogP contribution in [0.5, 0.6) is 0 Å². The van der Waals surface area contributed by atoms with E-state index in [9.17, 15) is 10.1 Å². The summed E-state index contributed by atoms with van der Waals surface area (Å²) in [4.78, 5) is 15.3. The summed E-state index contributed by atoms with van der Waals surface area (Å²) in [6, 6.07) is 16.3.